The highest BCUT2D eigenvalue weighted by molar-refractivity contribution is 6.31. The summed E-state index contributed by atoms with van der Waals surface area (Å²) in [6.07, 6.45) is -0.848. The Hall–Kier alpha value is -1.30. The summed E-state index contributed by atoms with van der Waals surface area (Å²) in [5, 5.41) is 11.2. The lowest BCUT2D eigenvalue weighted by Crippen LogP contribution is -2.55. The van der Waals surface area contributed by atoms with Crippen LogP contribution in [0.25, 0.3) is 0 Å². The van der Waals surface area contributed by atoms with Gasteiger partial charge in [-0.3, -0.25) is 4.90 Å². The van der Waals surface area contributed by atoms with Gasteiger partial charge in [-0.05, 0) is 32.4 Å². The number of aliphatic hydroxyl groups is 1. The van der Waals surface area contributed by atoms with E-state index in [9.17, 15) is 9.90 Å². The fourth-order valence-electron chi connectivity index (χ4n) is 2.51. The Bertz CT molecular complexity index is 544. The van der Waals surface area contributed by atoms with E-state index in [1.807, 2.05) is 39.0 Å². The van der Waals surface area contributed by atoms with Gasteiger partial charge < -0.3 is 14.6 Å². The van der Waals surface area contributed by atoms with Gasteiger partial charge in [-0.15, -0.1) is 0 Å². The Morgan fingerprint density at radius 3 is 2.83 bits per heavy atom. The number of rotatable bonds is 3. The van der Waals surface area contributed by atoms with E-state index in [-0.39, 0.29) is 6.61 Å². The molecule has 1 N–H and O–H groups in total. The lowest BCUT2D eigenvalue weighted by molar-refractivity contribution is -0.0660. The minimum Gasteiger partial charge on any atom is -0.444 e. The maximum absolute atomic E-state index is 12.4. The van der Waals surface area contributed by atoms with E-state index in [1.54, 1.807) is 11.0 Å². The first-order valence-corrected chi connectivity index (χ1v) is 8.14. The third-order valence-electron chi connectivity index (χ3n) is 3.62. The second kappa shape index (κ2) is 7.51. The largest absolute Gasteiger partial charge is 0.444 e. The summed E-state index contributed by atoms with van der Waals surface area (Å²) in [5.74, 6) is 0. The zero-order valence-corrected chi connectivity index (χ0v) is 14.5. The van der Waals surface area contributed by atoms with Gasteiger partial charge in [-0.1, -0.05) is 29.8 Å². The Kier molecular flexibility index (Phi) is 5.89. The van der Waals surface area contributed by atoms with E-state index in [1.165, 1.54) is 0 Å². The van der Waals surface area contributed by atoms with Crippen molar-refractivity contribution in [2.45, 2.75) is 44.9 Å². The molecule has 0 aromatic heterocycles. The minimum atomic E-state index is -0.775. The summed E-state index contributed by atoms with van der Waals surface area (Å²) < 4.78 is 10.9. The molecule has 1 aliphatic rings. The highest BCUT2D eigenvalue weighted by atomic mass is 35.5. The molecule has 1 aromatic rings. The Morgan fingerprint density at radius 2 is 2.17 bits per heavy atom. The molecule has 128 valence electrons. The van der Waals surface area contributed by atoms with E-state index in [0.29, 0.717) is 24.6 Å². The van der Waals surface area contributed by atoms with E-state index >= 15 is 0 Å². The molecule has 0 saturated carbocycles. The molecule has 1 aromatic carbocycles. The molecule has 6 heteroatoms. The molecule has 0 bridgehead atoms. The SMILES string of the molecule is CC(C)(C)OC(=O)N1CCOCC1C(O)Cc1ccccc1Cl. The molecule has 1 aliphatic heterocycles. The van der Waals surface area contributed by atoms with Crippen LogP contribution in [0.2, 0.25) is 5.02 Å². The third-order valence-corrected chi connectivity index (χ3v) is 3.99. The van der Waals surface area contributed by atoms with Gasteiger partial charge in [0.25, 0.3) is 0 Å². The van der Waals surface area contributed by atoms with Crippen LogP contribution in [0.3, 0.4) is 0 Å². The van der Waals surface area contributed by atoms with Gasteiger partial charge in [0.1, 0.15) is 5.60 Å². The molecule has 2 rings (SSSR count). The summed E-state index contributed by atoms with van der Waals surface area (Å²) in [5.41, 5.74) is 0.268. The summed E-state index contributed by atoms with van der Waals surface area (Å²) in [6.45, 7) is 6.58. The van der Waals surface area contributed by atoms with E-state index in [2.05, 4.69) is 0 Å². The zero-order valence-electron chi connectivity index (χ0n) is 13.8. The summed E-state index contributed by atoms with van der Waals surface area (Å²) >= 11 is 6.15. The molecule has 0 spiro atoms. The molecule has 0 aliphatic carbocycles. The van der Waals surface area contributed by atoms with Gasteiger partial charge in [0.05, 0.1) is 25.4 Å². The van der Waals surface area contributed by atoms with Gasteiger partial charge in [0.2, 0.25) is 0 Å². The number of benzene rings is 1. The number of hydrogen-bond acceptors (Lipinski definition) is 4. The molecule has 1 fully saturated rings. The van der Waals surface area contributed by atoms with Crippen molar-refractivity contribution in [3.05, 3.63) is 34.9 Å². The van der Waals surface area contributed by atoms with Crippen LogP contribution in [-0.2, 0) is 15.9 Å². The molecule has 2 atom stereocenters. The number of nitrogens with zero attached hydrogens (tertiary/aromatic N) is 1. The molecule has 5 nitrogen and oxygen atoms in total. The van der Waals surface area contributed by atoms with Crippen LogP contribution in [0, 0.1) is 0 Å². The van der Waals surface area contributed by atoms with Crippen LogP contribution in [0.5, 0.6) is 0 Å². The Balaban J connectivity index is 2.08. The molecule has 23 heavy (non-hydrogen) atoms. The van der Waals surface area contributed by atoms with Crippen LogP contribution < -0.4 is 0 Å². The van der Waals surface area contributed by atoms with Crippen molar-refractivity contribution in [2.75, 3.05) is 19.8 Å². The normalized spacial score (nSPS) is 20.2. The molecule has 2 unspecified atom stereocenters. The van der Waals surface area contributed by atoms with Crippen molar-refractivity contribution in [3.8, 4) is 0 Å². The number of ether oxygens (including phenoxy) is 2. The number of halogens is 1. The van der Waals surface area contributed by atoms with Gasteiger partial charge in [-0.25, -0.2) is 4.79 Å². The lowest BCUT2D eigenvalue weighted by Gasteiger charge is -2.38. The maximum Gasteiger partial charge on any atom is 0.410 e. The van der Waals surface area contributed by atoms with Crippen molar-refractivity contribution in [1.82, 2.24) is 4.90 Å². The fourth-order valence-corrected chi connectivity index (χ4v) is 2.73. The highest BCUT2D eigenvalue weighted by Gasteiger charge is 2.35. The molecule has 1 saturated heterocycles. The number of hydrogen-bond donors (Lipinski definition) is 1. The smallest absolute Gasteiger partial charge is 0.410 e. The highest BCUT2D eigenvalue weighted by Crippen LogP contribution is 2.22. The Labute approximate surface area is 142 Å². The summed E-state index contributed by atoms with van der Waals surface area (Å²) in [6, 6.07) is 6.92. The van der Waals surface area contributed by atoms with Crippen LogP contribution >= 0.6 is 11.6 Å². The average molecular weight is 342 g/mol. The van der Waals surface area contributed by atoms with Crippen LogP contribution in [0.1, 0.15) is 26.3 Å². The number of carbonyl (C=O) groups is 1. The standard InChI is InChI=1S/C17H24ClNO4/c1-17(2,3)23-16(21)19-8-9-22-11-14(19)15(20)10-12-6-4-5-7-13(12)18/h4-7,14-15,20H,8-11H2,1-3H3. The zero-order chi connectivity index (χ0) is 17.0. The molecular formula is C17H24ClNO4. The maximum atomic E-state index is 12.4. The first-order chi connectivity index (χ1) is 10.8. The average Bonchev–Trinajstić information content (AvgIpc) is 2.48. The van der Waals surface area contributed by atoms with Crippen molar-refractivity contribution >= 4 is 17.7 Å². The van der Waals surface area contributed by atoms with E-state index in [4.69, 9.17) is 21.1 Å². The first-order valence-electron chi connectivity index (χ1n) is 7.77. The predicted octanol–water partition coefficient (Wildman–Crippen LogP) is 2.88. The van der Waals surface area contributed by atoms with Gasteiger partial charge in [-0.2, -0.15) is 0 Å². The topological polar surface area (TPSA) is 59.0 Å². The number of morpholine rings is 1. The number of aliphatic hydroxyl groups excluding tert-OH is 1. The molecule has 1 amide bonds. The lowest BCUT2D eigenvalue weighted by atomic mass is 10.0. The summed E-state index contributed by atoms with van der Waals surface area (Å²) in [4.78, 5) is 13.9. The molecule has 0 radical (unpaired) electrons. The van der Waals surface area contributed by atoms with E-state index < -0.39 is 23.8 Å². The first kappa shape index (κ1) is 18.0. The predicted molar refractivity (Wildman–Crippen MR) is 88.7 cm³/mol. The van der Waals surface area contributed by atoms with Crippen LogP contribution in [-0.4, -0.2) is 53.6 Å². The molecule has 1 heterocycles. The minimum absolute atomic E-state index is 0.283. The van der Waals surface area contributed by atoms with Gasteiger partial charge >= 0.3 is 6.09 Å². The fraction of sp³-hybridized carbons (Fsp3) is 0.588. The number of carbonyl (C=O) groups excluding carboxylic acids is 1. The molecular weight excluding hydrogens is 318 g/mol. The number of amides is 1. The van der Waals surface area contributed by atoms with Crippen LogP contribution in [0.4, 0.5) is 4.79 Å². The van der Waals surface area contributed by atoms with Crippen molar-refractivity contribution in [2.24, 2.45) is 0 Å². The van der Waals surface area contributed by atoms with Crippen LogP contribution in [0.15, 0.2) is 24.3 Å². The van der Waals surface area contributed by atoms with E-state index in [0.717, 1.165) is 5.56 Å². The third kappa shape index (κ3) is 5.09. The van der Waals surface area contributed by atoms with Gasteiger partial charge in [0.15, 0.2) is 0 Å². The summed E-state index contributed by atoms with van der Waals surface area (Å²) in [7, 11) is 0. The second-order valence-electron chi connectivity index (χ2n) is 6.68. The van der Waals surface area contributed by atoms with Crippen molar-refractivity contribution < 1.29 is 19.4 Å². The Morgan fingerprint density at radius 1 is 1.48 bits per heavy atom. The quantitative estimate of drug-likeness (QED) is 0.918. The van der Waals surface area contributed by atoms with Crippen molar-refractivity contribution in [1.29, 1.82) is 0 Å². The van der Waals surface area contributed by atoms with Gasteiger partial charge in [0, 0.05) is 18.0 Å². The monoisotopic (exact) mass is 341 g/mol. The second-order valence-corrected chi connectivity index (χ2v) is 7.09. The van der Waals surface area contributed by atoms with Crippen molar-refractivity contribution in [3.63, 3.8) is 0 Å².